The van der Waals surface area contributed by atoms with E-state index in [9.17, 15) is 4.79 Å². The van der Waals surface area contributed by atoms with E-state index in [4.69, 9.17) is 5.53 Å². The molecule has 1 atom stereocenters. The number of ether oxygens (including phenoxy) is 1. The molecule has 1 unspecified atom stereocenters. The van der Waals surface area contributed by atoms with Crippen LogP contribution < -0.4 is 0 Å². The highest BCUT2D eigenvalue weighted by Gasteiger charge is 2.17. The molecule has 0 rings (SSSR count). The summed E-state index contributed by atoms with van der Waals surface area (Å²) in [6.07, 6.45) is 1.40. The predicted molar refractivity (Wildman–Crippen MR) is 49.0 cm³/mol. The number of esters is 1. The van der Waals surface area contributed by atoms with Crippen LogP contribution in [0.25, 0.3) is 10.4 Å². The molecule has 0 N–H and O–H groups in total. The molecule has 0 aliphatic heterocycles. The van der Waals surface area contributed by atoms with Crippen LogP contribution in [-0.2, 0) is 9.53 Å². The molecule has 0 aromatic rings. The van der Waals surface area contributed by atoms with E-state index in [0.29, 0.717) is 12.3 Å². The van der Waals surface area contributed by atoms with Crippen molar-refractivity contribution in [2.24, 2.45) is 11.0 Å². The molecule has 5 heteroatoms. The standard InChI is InChI=1S/C8H15N3O2/c1-6(2)4-5-7(10-11-9)8(12)13-3/h6-7H,4-5H2,1-3H3. The van der Waals surface area contributed by atoms with Gasteiger partial charge >= 0.3 is 5.97 Å². The monoisotopic (exact) mass is 185 g/mol. The zero-order valence-electron chi connectivity index (χ0n) is 8.23. The number of methoxy groups -OCH3 is 1. The van der Waals surface area contributed by atoms with Crippen molar-refractivity contribution in [1.82, 2.24) is 0 Å². The minimum Gasteiger partial charge on any atom is -0.469 e. The van der Waals surface area contributed by atoms with Crippen LogP contribution in [0.3, 0.4) is 0 Å². The van der Waals surface area contributed by atoms with Gasteiger partial charge in [0.05, 0.1) is 7.11 Å². The fourth-order valence-electron chi connectivity index (χ4n) is 0.912. The Bertz CT molecular complexity index is 209. The number of azide groups is 1. The summed E-state index contributed by atoms with van der Waals surface area (Å²) >= 11 is 0. The van der Waals surface area contributed by atoms with E-state index in [-0.39, 0.29) is 0 Å². The maximum atomic E-state index is 11.0. The highest BCUT2D eigenvalue weighted by Crippen LogP contribution is 2.10. The minimum absolute atomic E-state index is 0.460. The molecule has 0 aliphatic carbocycles. The summed E-state index contributed by atoms with van der Waals surface area (Å²) in [5, 5.41) is 3.37. The average molecular weight is 185 g/mol. The summed E-state index contributed by atoms with van der Waals surface area (Å²) < 4.78 is 4.49. The van der Waals surface area contributed by atoms with E-state index in [1.165, 1.54) is 7.11 Å². The Morgan fingerprint density at radius 1 is 1.54 bits per heavy atom. The van der Waals surface area contributed by atoms with Crippen LogP contribution in [-0.4, -0.2) is 19.1 Å². The lowest BCUT2D eigenvalue weighted by Gasteiger charge is -2.09. The van der Waals surface area contributed by atoms with Gasteiger partial charge < -0.3 is 4.74 Å². The van der Waals surface area contributed by atoms with Gasteiger partial charge in [0.1, 0.15) is 6.04 Å². The van der Waals surface area contributed by atoms with Gasteiger partial charge in [-0.2, -0.15) is 0 Å². The maximum absolute atomic E-state index is 11.0. The summed E-state index contributed by atoms with van der Waals surface area (Å²) in [6.45, 7) is 4.09. The van der Waals surface area contributed by atoms with Gasteiger partial charge in [0.2, 0.25) is 0 Å². The molecule has 5 nitrogen and oxygen atoms in total. The molecule has 0 amide bonds. The van der Waals surface area contributed by atoms with Crippen LogP contribution in [0.2, 0.25) is 0 Å². The van der Waals surface area contributed by atoms with Crippen LogP contribution >= 0.6 is 0 Å². The van der Waals surface area contributed by atoms with Gasteiger partial charge in [-0.1, -0.05) is 25.4 Å². The first-order valence-corrected chi connectivity index (χ1v) is 4.23. The van der Waals surface area contributed by atoms with Crippen molar-refractivity contribution in [2.75, 3.05) is 7.11 Å². The van der Waals surface area contributed by atoms with Crippen molar-refractivity contribution in [3.05, 3.63) is 10.4 Å². The SMILES string of the molecule is COC(=O)C(CCC(C)C)N=[N+]=[N-]. The van der Waals surface area contributed by atoms with Crippen LogP contribution in [0.4, 0.5) is 0 Å². The number of carbonyl (C=O) groups is 1. The number of hydrogen-bond donors (Lipinski definition) is 0. The van der Waals surface area contributed by atoms with Gasteiger partial charge in [-0.05, 0) is 17.9 Å². The topological polar surface area (TPSA) is 75.1 Å². The van der Waals surface area contributed by atoms with Crippen LogP contribution in [0, 0.1) is 5.92 Å². The van der Waals surface area contributed by atoms with Crippen LogP contribution in [0.5, 0.6) is 0 Å². The van der Waals surface area contributed by atoms with Crippen molar-refractivity contribution in [3.8, 4) is 0 Å². The van der Waals surface area contributed by atoms with Gasteiger partial charge in [-0.15, -0.1) is 0 Å². The Hall–Kier alpha value is -1.22. The van der Waals surface area contributed by atoms with Gasteiger partial charge in [0.15, 0.2) is 0 Å². The average Bonchev–Trinajstić information content (AvgIpc) is 2.10. The van der Waals surface area contributed by atoms with E-state index in [1.54, 1.807) is 0 Å². The first-order chi connectivity index (χ1) is 6.11. The summed E-state index contributed by atoms with van der Waals surface area (Å²) in [7, 11) is 1.29. The first-order valence-electron chi connectivity index (χ1n) is 4.23. The van der Waals surface area contributed by atoms with Crippen molar-refractivity contribution in [3.63, 3.8) is 0 Å². The molecule has 0 heterocycles. The molecule has 0 fully saturated rings. The normalized spacial score (nSPS) is 12.0. The lowest BCUT2D eigenvalue weighted by molar-refractivity contribution is -0.142. The Balaban J connectivity index is 4.10. The second-order valence-corrected chi connectivity index (χ2v) is 3.22. The summed E-state index contributed by atoms with van der Waals surface area (Å²) in [5.41, 5.74) is 8.20. The van der Waals surface area contributed by atoms with Crippen molar-refractivity contribution in [2.45, 2.75) is 32.7 Å². The highest BCUT2D eigenvalue weighted by molar-refractivity contribution is 5.75. The molecular weight excluding hydrogens is 170 g/mol. The van der Waals surface area contributed by atoms with E-state index in [1.807, 2.05) is 13.8 Å². The summed E-state index contributed by atoms with van der Waals surface area (Å²) in [6, 6.07) is -0.669. The van der Waals surface area contributed by atoms with Crippen LogP contribution in [0.15, 0.2) is 5.11 Å². The molecule has 74 valence electrons. The molecule has 0 saturated heterocycles. The van der Waals surface area contributed by atoms with Crippen molar-refractivity contribution < 1.29 is 9.53 Å². The van der Waals surface area contributed by atoms with Crippen molar-refractivity contribution >= 4 is 5.97 Å². The third kappa shape index (κ3) is 5.09. The largest absolute Gasteiger partial charge is 0.469 e. The predicted octanol–water partition coefficient (Wildman–Crippen LogP) is 2.27. The van der Waals surface area contributed by atoms with Gasteiger partial charge in [-0.3, -0.25) is 4.79 Å². The molecule has 0 spiro atoms. The fourth-order valence-corrected chi connectivity index (χ4v) is 0.912. The molecule has 0 aromatic carbocycles. The number of hydrogen-bond acceptors (Lipinski definition) is 3. The third-order valence-electron chi connectivity index (χ3n) is 1.68. The Labute approximate surface area is 77.7 Å². The molecule has 0 aromatic heterocycles. The summed E-state index contributed by atoms with van der Waals surface area (Å²) in [5.74, 6) is 0.0273. The Kier molecular flexibility index (Phi) is 5.72. The minimum atomic E-state index is -0.669. The lowest BCUT2D eigenvalue weighted by Crippen LogP contribution is -2.20. The zero-order valence-corrected chi connectivity index (χ0v) is 8.23. The van der Waals surface area contributed by atoms with Gasteiger partial charge in [0, 0.05) is 4.91 Å². The summed E-state index contributed by atoms with van der Waals surface area (Å²) in [4.78, 5) is 13.6. The molecule has 0 aliphatic rings. The fraction of sp³-hybridized carbons (Fsp3) is 0.875. The quantitative estimate of drug-likeness (QED) is 0.285. The Morgan fingerprint density at radius 3 is 2.54 bits per heavy atom. The molecule has 0 bridgehead atoms. The zero-order chi connectivity index (χ0) is 10.3. The van der Waals surface area contributed by atoms with Gasteiger partial charge in [0.25, 0.3) is 0 Å². The molecule has 0 radical (unpaired) electrons. The second kappa shape index (κ2) is 6.31. The van der Waals surface area contributed by atoms with E-state index in [0.717, 1.165) is 6.42 Å². The lowest BCUT2D eigenvalue weighted by atomic mass is 10.0. The van der Waals surface area contributed by atoms with E-state index in [2.05, 4.69) is 14.8 Å². The molecular formula is C8H15N3O2. The Morgan fingerprint density at radius 2 is 2.15 bits per heavy atom. The number of carbonyl (C=O) groups excluding carboxylic acids is 1. The number of rotatable bonds is 5. The second-order valence-electron chi connectivity index (χ2n) is 3.22. The van der Waals surface area contributed by atoms with Gasteiger partial charge in [-0.25, -0.2) is 0 Å². The first kappa shape index (κ1) is 11.8. The highest BCUT2D eigenvalue weighted by atomic mass is 16.5. The van der Waals surface area contributed by atoms with E-state index < -0.39 is 12.0 Å². The van der Waals surface area contributed by atoms with Crippen molar-refractivity contribution in [1.29, 1.82) is 0 Å². The molecule has 13 heavy (non-hydrogen) atoms. The smallest absolute Gasteiger partial charge is 0.314 e. The molecule has 0 saturated carbocycles. The van der Waals surface area contributed by atoms with Crippen LogP contribution in [0.1, 0.15) is 26.7 Å². The maximum Gasteiger partial charge on any atom is 0.314 e. The van der Waals surface area contributed by atoms with E-state index >= 15 is 0 Å². The number of nitrogens with zero attached hydrogens (tertiary/aromatic N) is 3. The third-order valence-corrected chi connectivity index (χ3v) is 1.68.